The van der Waals surface area contributed by atoms with Crippen molar-refractivity contribution in [3.8, 4) is 0 Å². The summed E-state index contributed by atoms with van der Waals surface area (Å²) in [6, 6.07) is 0. The standard InChI is InChI=1S/C20H22NO4/c1-22-17-7-6-14-11-20-19(24-13-25-20)9-4-3-5-15(19)8-10-21(20)12-16(14)18(17)23-2/h3-7,11-12,16H,8-10,13H2,1-2H3/q+1. The summed E-state index contributed by atoms with van der Waals surface area (Å²) in [7, 11) is 3.37. The van der Waals surface area contributed by atoms with Crippen LogP contribution in [0.25, 0.3) is 0 Å². The molecule has 0 aromatic carbocycles. The second kappa shape index (κ2) is 5.19. The van der Waals surface area contributed by atoms with E-state index < -0.39 is 11.3 Å². The molecule has 2 saturated heterocycles. The van der Waals surface area contributed by atoms with Gasteiger partial charge in [0.1, 0.15) is 12.5 Å². The maximum atomic E-state index is 6.28. The van der Waals surface area contributed by atoms with Gasteiger partial charge in [-0.15, -0.1) is 0 Å². The van der Waals surface area contributed by atoms with Crippen molar-refractivity contribution >= 4 is 6.21 Å². The number of hydrogen-bond acceptors (Lipinski definition) is 4. The Balaban J connectivity index is 1.67. The summed E-state index contributed by atoms with van der Waals surface area (Å²) in [6.07, 6.45) is 16.8. The van der Waals surface area contributed by atoms with Crippen molar-refractivity contribution in [1.82, 2.24) is 0 Å². The van der Waals surface area contributed by atoms with E-state index in [0.717, 1.165) is 36.5 Å². The smallest absolute Gasteiger partial charge is 0.323 e. The lowest BCUT2D eigenvalue weighted by molar-refractivity contribution is -0.657. The third-order valence-corrected chi connectivity index (χ3v) is 6.01. The average Bonchev–Trinajstić information content (AvgIpc) is 3.01. The molecule has 0 amide bonds. The Labute approximate surface area is 147 Å². The quantitative estimate of drug-likeness (QED) is 0.724. The number of hydrogen-bond donors (Lipinski definition) is 0. The minimum absolute atomic E-state index is 0.0430. The number of allylic oxidation sites excluding steroid dienone is 5. The molecule has 5 aliphatic rings. The molecule has 0 N–H and O–H groups in total. The molecule has 3 heterocycles. The van der Waals surface area contributed by atoms with Gasteiger partial charge >= 0.3 is 5.72 Å². The minimum atomic E-state index is -0.582. The highest BCUT2D eigenvalue weighted by molar-refractivity contribution is 5.71. The monoisotopic (exact) mass is 340 g/mol. The molecule has 0 radical (unpaired) electrons. The van der Waals surface area contributed by atoms with E-state index in [2.05, 4.69) is 41.2 Å². The van der Waals surface area contributed by atoms with Crippen LogP contribution < -0.4 is 0 Å². The molecule has 2 aliphatic carbocycles. The topological polar surface area (TPSA) is 39.9 Å². The molecule has 2 fully saturated rings. The van der Waals surface area contributed by atoms with Crippen LogP contribution in [0.1, 0.15) is 12.8 Å². The third kappa shape index (κ3) is 1.77. The van der Waals surface area contributed by atoms with Crippen LogP contribution in [-0.2, 0) is 18.9 Å². The lowest BCUT2D eigenvalue weighted by atomic mass is 9.70. The SMILES string of the molecule is COC1=C(OC)C2C=[N+]3CCC4=CC=CCC45OCOC35C=C2C=C1. The van der Waals surface area contributed by atoms with E-state index in [9.17, 15) is 0 Å². The maximum absolute atomic E-state index is 6.28. The second-order valence-corrected chi connectivity index (χ2v) is 6.94. The Kier molecular flexibility index (Phi) is 3.15. The van der Waals surface area contributed by atoms with Crippen LogP contribution >= 0.6 is 0 Å². The van der Waals surface area contributed by atoms with Gasteiger partial charge in [0, 0.05) is 18.9 Å². The predicted octanol–water partition coefficient (Wildman–Crippen LogP) is 2.43. The Morgan fingerprint density at radius 2 is 2.12 bits per heavy atom. The maximum Gasteiger partial charge on any atom is 0.323 e. The number of ether oxygens (including phenoxy) is 4. The first-order chi connectivity index (χ1) is 12.2. The number of methoxy groups -OCH3 is 2. The van der Waals surface area contributed by atoms with Gasteiger partial charge in [0.2, 0.25) is 0 Å². The zero-order valence-electron chi connectivity index (χ0n) is 14.5. The van der Waals surface area contributed by atoms with Crippen LogP contribution in [0, 0.1) is 5.92 Å². The molecule has 0 aromatic heterocycles. The fraction of sp³-hybridized carbons (Fsp3) is 0.450. The molecule has 5 heteroatoms. The van der Waals surface area contributed by atoms with E-state index in [-0.39, 0.29) is 5.92 Å². The molecule has 25 heavy (non-hydrogen) atoms. The van der Waals surface area contributed by atoms with Crippen LogP contribution in [-0.4, -0.2) is 49.7 Å². The van der Waals surface area contributed by atoms with Gasteiger partial charge in [-0.2, -0.15) is 0 Å². The molecular formula is C20H22NO4+. The summed E-state index contributed by atoms with van der Waals surface area (Å²) >= 11 is 0. The van der Waals surface area contributed by atoms with Crippen molar-refractivity contribution in [3.05, 3.63) is 59.1 Å². The summed E-state index contributed by atoms with van der Waals surface area (Å²) < 4.78 is 26.0. The lowest BCUT2D eigenvalue weighted by Crippen LogP contribution is -2.64. The van der Waals surface area contributed by atoms with E-state index in [4.69, 9.17) is 18.9 Å². The third-order valence-electron chi connectivity index (χ3n) is 6.01. The van der Waals surface area contributed by atoms with Gasteiger partial charge in [-0.1, -0.05) is 24.3 Å². The van der Waals surface area contributed by atoms with Crippen molar-refractivity contribution in [2.75, 3.05) is 27.6 Å². The Bertz CT molecular complexity index is 816. The van der Waals surface area contributed by atoms with Crippen molar-refractivity contribution in [3.63, 3.8) is 0 Å². The number of rotatable bonds is 2. The van der Waals surface area contributed by atoms with E-state index >= 15 is 0 Å². The van der Waals surface area contributed by atoms with E-state index in [0.29, 0.717) is 6.79 Å². The molecule has 0 bridgehead atoms. The zero-order valence-corrected chi connectivity index (χ0v) is 14.5. The van der Waals surface area contributed by atoms with E-state index in [1.165, 1.54) is 5.57 Å². The van der Waals surface area contributed by atoms with Gasteiger partial charge in [0.15, 0.2) is 30.1 Å². The molecule has 130 valence electrons. The molecule has 0 aromatic rings. The normalized spacial score (nSPS) is 38.0. The molecule has 3 unspecified atom stereocenters. The van der Waals surface area contributed by atoms with Crippen molar-refractivity contribution < 1.29 is 23.5 Å². The first-order valence-corrected chi connectivity index (χ1v) is 8.73. The highest BCUT2D eigenvalue weighted by Gasteiger charge is 2.70. The van der Waals surface area contributed by atoms with Crippen LogP contribution in [0.5, 0.6) is 0 Å². The molecule has 5 nitrogen and oxygen atoms in total. The summed E-state index contributed by atoms with van der Waals surface area (Å²) in [4.78, 5) is 0. The largest absolute Gasteiger partial charge is 0.496 e. The average molecular weight is 340 g/mol. The molecule has 5 rings (SSSR count). The minimum Gasteiger partial charge on any atom is -0.496 e. The van der Waals surface area contributed by atoms with Crippen molar-refractivity contribution in [2.24, 2.45) is 5.92 Å². The number of nitrogens with zero attached hydrogens (tertiary/aromatic N) is 1. The molecule has 3 atom stereocenters. The summed E-state index contributed by atoms with van der Waals surface area (Å²) in [6.45, 7) is 1.21. The zero-order chi connectivity index (χ0) is 17.1. The highest BCUT2D eigenvalue weighted by Crippen LogP contribution is 2.53. The summed E-state index contributed by atoms with van der Waals surface area (Å²) in [5.74, 6) is 1.65. The van der Waals surface area contributed by atoms with Gasteiger partial charge in [0.25, 0.3) is 0 Å². The van der Waals surface area contributed by atoms with Crippen LogP contribution in [0.15, 0.2) is 59.1 Å². The van der Waals surface area contributed by atoms with E-state index in [1.807, 2.05) is 6.08 Å². The Morgan fingerprint density at radius 3 is 2.96 bits per heavy atom. The Morgan fingerprint density at radius 1 is 1.20 bits per heavy atom. The molecule has 3 aliphatic heterocycles. The molecular weight excluding hydrogens is 318 g/mol. The molecule has 0 saturated carbocycles. The Hall–Kier alpha value is -2.11. The summed E-state index contributed by atoms with van der Waals surface area (Å²) in [5.41, 5.74) is 1.48. The van der Waals surface area contributed by atoms with Gasteiger partial charge < -0.3 is 14.2 Å². The highest BCUT2D eigenvalue weighted by atomic mass is 16.7. The summed E-state index contributed by atoms with van der Waals surface area (Å²) in [5, 5.41) is 0. The second-order valence-electron chi connectivity index (χ2n) is 6.94. The van der Waals surface area contributed by atoms with Crippen molar-refractivity contribution in [1.29, 1.82) is 0 Å². The van der Waals surface area contributed by atoms with Crippen LogP contribution in [0.2, 0.25) is 0 Å². The fourth-order valence-corrected chi connectivity index (χ4v) is 4.84. The number of fused-ring (bicyclic) bond motifs is 1. The number of piperidine rings is 1. The molecule has 2 spiro atoms. The first-order valence-electron chi connectivity index (χ1n) is 8.73. The van der Waals surface area contributed by atoms with Crippen LogP contribution in [0.3, 0.4) is 0 Å². The van der Waals surface area contributed by atoms with Crippen LogP contribution in [0.4, 0.5) is 0 Å². The van der Waals surface area contributed by atoms with Gasteiger partial charge in [-0.3, -0.25) is 4.74 Å². The van der Waals surface area contributed by atoms with Gasteiger partial charge in [0.05, 0.1) is 14.2 Å². The van der Waals surface area contributed by atoms with E-state index in [1.54, 1.807) is 14.2 Å². The fourth-order valence-electron chi connectivity index (χ4n) is 4.84. The van der Waals surface area contributed by atoms with Gasteiger partial charge in [-0.05, 0) is 17.2 Å². The predicted molar refractivity (Wildman–Crippen MR) is 91.9 cm³/mol. The lowest BCUT2D eigenvalue weighted by Gasteiger charge is -2.45. The van der Waals surface area contributed by atoms with Crippen molar-refractivity contribution in [2.45, 2.75) is 24.2 Å². The first kappa shape index (κ1) is 15.2. The van der Waals surface area contributed by atoms with Gasteiger partial charge in [-0.25, -0.2) is 4.58 Å².